The van der Waals surface area contributed by atoms with E-state index < -0.39 is 0 Å². The molecule has 2 nitrogen and oxygen atoms in total. The topological polar surface area (TPSA) is 24.1 Å². The average molecular weight is 281 g/mol. The first kappa shape index (κ1) is 14.8. The van der Waals surface area contributed by atoms with Crippen LogP contribution in [0.4, 0.5) is 0 Å². The zero-order valence-electron chi connectivity index (χ0n) is 12.0. The molecule has 3 heteroatoms. The SMILES string of the molecule is CC(CC1CCCCN1)NC(C)c1cccc(Cl)c1. The van der Waals surface area contributed by atoms with Crippen LogP contribution in [-0.4, -0.2) is 18.6 Å². The lowest BCUT2D eigenvalue weighted by atomic mass is 9.98. The van der Waals surface area contributed by atoms with E-state index in [1.807, 2.05) is 18.2 Å². The quantitative estimate of drug-likeness (QED) is 0.854. The van der Waals surface area contributed by atoms with Crippen LogP contribution in [0.5, 0.6) is 0 Å². The van der Waals surface area contributed by atoms with E-state index in [2.05, 4.69) is 30.5 Å². The fourth-order valence-electron chi connectivity index (χ4n) is 2.92. The van der Waals surface area contributed by atoms with Crippen molar-refractivity contribution in [1.82, 2.24) is 10.6 Å². The van der Waals surface area contributed by atoms with Gasteiger partial charge in [-0.1, -0.05) is 30.2 Å². The molecule has 0 spiro atoms. The molecule has 3 atom stereocenters. The lowest BCUT2D eigenvalue weighted by Gasteiger charge is -2.28. The van der Waals surface area contributed by atoms with Gasteiger partial charge in [0.1, 0.15) is 0 Å². The van der Waals surface area contributed by atoms with E-state index in [1.165, 1.54) is 37.8 Å². The van der Waals surface area contributed by atoms with Gasteiger partial charge in [-0.15, -0.1) is 0 Å². The lowest BCUT2D eigenvalue weighted by Crippen LogP contribution is -2.40. The van der Waals surface area contributed by atoms with Crippen molar-refractivity contribution in [2.45, 2.75) is 57.7 Å². The predicted molar refractivity (Wildman–Crippen MR) is 82.7 cm³/mol. The third-order valence-corrected chi connectivity index (χ3v) is 4.17. The second kappa shape index (κ2) is 7.28. The van der Waals surface area contributed by atoms with Gasteiger partial charge in [-0.3, -0.25) is 0 Å². The molecule has 0 bridgehead atoms. The van der Waals surface area contributed by atoms with Gasteiger partial charge in [-0.25, -0.2) is 0 Å². The van der Waals surface area contributed by atoms with Gasteiger partial charge in [0.05, 0.1) is 0 Å². The summed E-state index contributed by atoms with van der Waals surface area (Å²) in [6, 6.07) is 9.67. The van der Waals surface area contributed by atoms with Crippen LogP contribution in [0, 0.1) is 0 Å². The summed E-state index contributed by atoms with van der Waals surface area (Å²) in [6.07, 6.45) is 5.22. The molecule has 0 radical (unpaired) electrons. The molecule has 2 N–H and O–H groups in total. The summed E-state index contributed by atoms with van der Waals surface area (Å²) in [5.74, 6) is 0. The first-order chi connectivity index (χ1) is 9.15. The van der Waals surface area contributed by atoms with Gasteiger partial charge in [-0.05, 0) is 57.4 Å². The Balaban J connectivity index is 1.82. The van der Waals surface area contributed by atoms with Gasteiger partial charge >= 0.3 is 0 Å². The predicted octanol–water partition coefficient (Wildman–Crippen LogP) is 3.91. The number of halogens is 1. The average Bonchev–Trinajstić information content (AvgIpc) is 2.39. The fourth-order valence-corrected chi connectivity index (χ4v) is 3.12. The summed E-state index contributed by atoms with van der Waals surface area (Å²) in [5, 5.41) is 8.10. The van der Waals surface area contributed by atoms with Gasteiger partial charge in [0, 0.05) is 23.1 Å². The molecule has 1 heterocycles. The van der Waals surface area contributed by atoms with Crippen LogP contribution >= 0.6 is 11.6 Å². The van der Waals surface area contributed by atoms with Gasteiger partial charge < -0.3 is 10.6 Å². The molecule has 0 saturated carbocycles. The van der Waals surface area contributed by atoms with E-state index >= 15 is 0 Å². The van der Waals surface area contributed by atoms with Crippen molar-refractivity contribution in [1.29, 1.82) is 0 Å². The molecular formula is C16H25ClN2. The number of hydrogen-bond acceptors (Lipinski definition) is 2. The van der Waals surface area contributed by atoms with E-state index in [9.17, 15) is 0 Å². The Labute approximate surface area is 121 Å². The molecule has 0 aliphatic carbocycles. The van der Waals surface area contributed by atoms with Crippen molar-refractivity contribution in [3.8, 4) is 0 Å². The molecule has 1 saturated heterocycles. The number of benzene rings is 1. The van der Waals surface area contributed by atoms with Crippen LogP contribution in [-0.2, 0) is 0 Å². The van der Waals surface area contributed by atoms with E-state index in [-0.39, 0.29) is 0 Å². The summed E-state index contributed by atoms with van der Waals surface area (Å²) in [4.78, 5) is 0. The summed E-state index contributed by atoms with van der Waals surface area (Å²) >= 11 is 6.04. The van der Waals surface area contributed by atoms with Gasteiger partial charge in [-0.2, -0.15) is 0 Å². The minimum absolute atomic E-state index is 0.345. The molecule has 0 amide bonds. The molecule has 1 aromatic rings. The standard InChI is InChI=1S/C16H25ClN2/c1-12(10-16-8-3-4-9-18-16)19-13(2)14-6-5-7-15(17)11-14/h5-7,11-13,16,18-19H,3-4,8-10H2,1-2H3. The zero-order valence-corrected chi connectivity index (χ0v) is 12.7. The smallest absolute Gasteiger partial charge is 0.0409 e. The molecule has 1 aliphatic rings. The van der Waals surface area contributed by atoms with Crippen LogP contribution < -0.4 is 10.6 Å². The van der Waals surface area contributed by atoms with E-state index in [1.54, 1.807) is 0 Å². The van der Waals surface area contributed by atoms with Crippen molar-refractivity contribution < 1.29 is 0 Å². The second-order valence-electron chi connectivity index (χ2n) is 5.73. The summed E-state index contributed by atoms with van der Waals surface area (Å²) in [6.45, 7) is 5.66. The highest BCUT2D eigenvalue weighted by Gasteiger charge is 2.17. The Bertz CT molecular complexity index is 388. The van der Waals surface area contributed by atoms with Crippen LogP contribution in [0.25, 0.3) is 0 Å². The lowest BCUT2D eigenvalue weighted by molar-refractivity contribution is 0.334. The molecule has 2 rings (SSSR count). The Morgan fingerprint density at radius 3 is 2.89 bits per heavy atom. The maximum atomic E-state index is 6.04. The Hall–Kier alpha value is -0.570. The highest BCUT2D eigenvalue weighted by molar-refractivity contribution is 6.30. The maximum Gasteiger partial charge on any atom is 0.0409 e. The first-order valence-corrected chi connectivity index (χ1v) is 7.78. The monoisotopic (exact) mass is 280 g/mol. The summed E-state index contributed by atoms with van der Waals surface area (Å²) < 4.78 is 0. The molecular weight excluding hydrogens is 256 g/mol. The highest BCUT2D eigenvalue weighted by atomic mass is 35.5. The van der Waals surface area contributed by atoms with Crippen molar-refractivity contribution in [2.75, 3.05) is 6.54 Å². The Morgan fingerprint density at radius 2 is 2.21 bits per heavy atom. The third-order valence-electron chi connectivity index (χ3n) is 3.93. The molecule has 1 aliphatic heterocycles. The molecule has 106 valence electrons. The third kappa shape index (κ3) is 4.79. The second-order valence-corrected chi connectivity index (χ2v) is 6.16. The summed E-state index contributed by atoms with van der Waals surface area (Å²) in [7, 11) is 0. The maximum absolute atomic E-state index is 6.04. The molecule has 1 fully saturated rings. The molecule has 0 aromatic heterocycles. The van der Waals surface area contributed by atoms with Crippen molar-refractivity contribution in [3.05, 3.63) is 34.9 Å². The molecule has 19 heavy (non-hydrogen) atoms. The number of nitrogens with one attached hydrogen (secondary N) is 2. The Morgan fingerprint density at radius 1 is 1.37 bits per heavy atom. The van der Waals surface area contributed by atoms with Crippen LogP contribution in [0.15, 0.2) is 24.3 Å². The normalized spacial score (nSPS) is 23.0. The largest absolute Gasteiger partial charge is 0.314 e. The minimum Gasteiger partial charge on any atom is -0.314 e. The minimum atomic E-state index is 0.345. The molecule has 3 unspecified atom stereocenters. The molecule has 1 aromatic carbocycles. The van der Waals surface area contributed by atoms with Crippen molar-refractivity contribution >= 4 is 11.6 Å². The van der Waals surface area contributed by atoms with Crippen LogP contribution in [0.3, 0.4) is 0 Å². The van der Waals surface area contributed by atoms with E-state index in [0.717, 1.165) is 5.02 Å². The van der Waals surface area contributed by atoms with Crippen LogP contribution in [0.1, 0.15) is 51.1 Å². The van der Waals surface area contributed by atoms with E-state index in [0.29, 0.717) is 18.1 Å². The van der Waals surface area contributed by atoms with Crippen LogP contribution in [0.2, 0.25) is 5.02 Å². The van der Waals surface area contributed by atoms with Gasteiger partial charge in [0.25, 0.3) is 0 Å². The number of hydrogen-bond donors (Lipinski definition) is 2. The van der Waals surface area contributed by atoms with Gasteiger partial charge in [0.2, 0.25) is 0 Å². The zero-order chi connectivity index (χ0) is 13.7. The fraction of sp³-hybridized carbons (Fsp3) is 0.625. The first-order valence-electron chi connectivity index (χ1n) is 7.40. The van der Waals surface area contributed by atoms with Crippen molar-refractivity contribution in [2.24, 2.45) is 0 Å². The number of piperidine rings is 1. The highest BCUT2D eigenvalue weighted by Crippen LogP contribution is 2.19. The van der Waals surface area contributed by atoms with E-state index in [4.69, 9.17) is 11.6 Å². The van der Waals surface area contributed by atoms with Crippen molar-refractivity contribution in [3.63, 3.8) is 0 Å². The summed E-state index contributed by atoms with van der Waals surface area (Å²) in [5.41, 5.74) is 1.26. The number of rotatable bonds is 5. The van der Waals surface area contributed by atoms with Gasteiger partial charge in [0.15, 0.2) is 0 Å². The Kier molecular flexibility index (Phi) is 5.68.